The highest BCUT2D eigenvalue weighted by molar-refractivity contribution is 6.12. The quantitative estimate of drug-likeness (QED) is 0.171. The summed E-state index contributed by atoms with van der Waals surface area (Å²) in [4.78, 5) is 2.55. The molecule has 0 fully saturated rings. The minimum Gasteiger partial charge on any atom is -0.362 e. The lowest BCUT2D eigenvalue weighted by molar-refractivity contribution is -0.645. The molecule has 0 bridgehead atoms. The summed E-state index contributed by atoms with van der Waals surface area (Å²) in [7, 11) is 2.13. The maximum atomic E-state index is 2.55. The van der Waals surface area contributed by atoms with Gasteiger partial charge in [0.25, 0.3) is 0 Å². The zero-order chi connectivity index (χ0) is 30.2. The first kappa shape index (κ1) is 26.9. The summed E-state index contributed by atoms with van der Waals surface area (Å²) in [6, 6.07) is 57.1. The van der Waals surface area contributed by atoms with Gasteiger partial charge in [-0.3, -0.25) is 0 Å². The van der Waals surface area contributed by atoms with Crippen LogP contribution in [0.4, 0.5) is 5.69 Å². The van der Waals surface area contributed by atoms with E-state index in [1.807, 2.05) is 0 Å². The minimum atomic E-state index is 0.794. The summed E-state index contributed by atoms with van der Waals surface area (Å²) in [5, 5.41) is 4.96. The Hall–Kier alpha value is -5.67. The van der Waals surface area contributed by atoms with Crippen LogP contribution in [0.2, 0.25) is 0 Å². The molecule has 1 heterocycles. The molecular weight excluding hydrogens is 546 g/mol. The van der Waals surface area contributed by atoms with E-state index in [9.17, 15) is 0 Å². The third-order valence-electron chi connectivity index (χ3n) is 8.91. The van der Waals surface area contributed by atoms with E-state index in [1.165, 1.54) is 66.2 Å². The molecule has 8 rings (SSSR count). The van der Waals surface area contributed by atoms with Gasteiger partial charge < -0.3 is 4.90 Å². The number of hydrogen-bond donors (Lipinski definition) is 0. The lowest BCUT2D eigenvalue weighted by Crippen LogP contribution is -2.25. The van der Waals surface area contributed by atoms with E-state index in [0.717, 1.165) is 13.1 Å². The zero-order valence-electron chi connectivity index (χ0n) is 25.3. The monoisotopic (exact) mass is 580 g/mol. The van der Waals surface area contributed by atoms with E-state index in [1.54, 1.807) is 0 Å². The van der Waals surface area contributed by atoms with E-state index < -0.39 is 0 Å². The fraction of sp³-hybridized carbons (Fsp3) is 0.0714. The van der Waals surface area contributed by atoms with Crippen molar-refractivity contribution >= 4 is 38.3 Å². The molecule has 3 heteroatoms. The molecule has 8 aromatic rings. The van der Waals surface area contributed by atoms with Crippen molar-refractivity contribution in [1.29, 1.82) is 0 Å². The van der Waals surface area contributed by atoms with Crippen molar-refractivity contribution in [2.24, 2.45) is 7.05 Å². The molecule has 3 nitrogen and oxygen atoms in total. The van der Waals surface area contributed by atoms with Crippen molar-refractivity contribution in [2.75, 3.05) is 4.90 Å². The first-order chi connectivity index (χ1) is 22.2. The fourth-order valence-electron chi connectivity index (χ4n) is 6.80. The van der Waals surface area contributed by atoms with Gasteiger partial charge >= 0.3 is 0 Å². The normalized spacial score (nSPS) is 11.4. The largest absolute Gasteiger partial charge is 0.362 e. The predicted octanol–water partition coefficient (Wildman–Crippen LogP) is 9.64. The van der Waals surface area contributed by atoms with E-state index in [2.05, 4.69) is 185 Å². The number of anilines is 1. The topological polar surface area (TPSA) is 12.0 Å². The van der Waals surface area contributed by atoms with Gasteiger partial charge in [-0.25, -0.2) is 4.57 Å². The van der Waals surface area contributed by atoms with Crippen molar-refractivity contribution in [1.82, 2.24) is 4.57 Å². The van der Waals surface area contributed by atoms with Crippen molar-refractivity contribution in [3.63, 3.8) is 0 Å². The van der Waals surface area contributed by atoms with E-state index in [0.29, 0.717) is 0 Å². The molecule has 0 aliphatic rings. The van der Waals surface area contributed by atoms with Crippen molar-refractivity contribution < 1.29 is 4.57 Å². The minimum absolute atomic E-state index is 0.794. The van der Waals surface area contributed by atoms with Crippen LogP contribution in [0.5, 0.6) is 0 Å². The Morgan fingerprint density at radius 2 is 1.04 bits per heavy atom. The second kappa shape index (κ2) is 11.4. The fourth-order valence-corrected chi connectivity index (χ4v) is 6.80. The highest BCUT2D eigenvalue weighted by atomic mass is 15.1. The van der Waals surface area contributed by atoms with Crippen LogP contribution in [0.15, 0.2) is 164 Å². The zero-order valence-corrected chi connectivity index (χ0v) is 25.3. The van der Waals surface area contributed by atoms with Crippen LogP contribution in [0.3, 0.4) is 0 Å². The van der Waals surface area contributed by atoms with Gasteiger partial charge in [0.1, 0.15) is 5.69 Å². The molecular formula is C42H34N3+. The molecule has 0 aliphatic heterocycles. The van der Waals surface area contributed by atoms with Crippen molar-refractivity contribution in [2.45, 2.75) is 13.1 Å². The second-order valence-corrected chi connectivity index (χ2v) is 11.8. The number of hydrogen-bond acceptors (Lipinski definition) is 1. The van der Waals surface area contributed by atoms with Crippen LogP contribution in [0.1, 0.15) is 11.1 Å². The van der Waals surface area contributed by atoms with Crippen LogP contribution in [0.25, 0.3) is 49.4 Å². The third-order valence-corrected chi connectivity index (χ3v) is 8.91. The molecule has 0 radical (unpaired) electrons. The van der Waals surface area contributed by atoms with Crippen LogP contribution in [0, 0.1) is 0 Å². The Morgan fingerprint density at radius 1 is 0.511 bits per heavy atom. The van der Waals surface area contributed by atoms with Gasteiger partial charge in [0, 0.05) is 29.9 Å². The van der Waals surface area contributed by atoms with Crippen LogP contribution >= 0.6 is 0 Å². The summed E-state index contributed by atoms with van der Waals surface area (Å²) < 4.78 is 4.58. The molecule has 0 atom stereocenters. The van der Waals surface area contributed by atoms with E-state index >= 15 is 0 Å². The van der Waals surface area contributed by atoms with Gasteiger partial charge in [-0.05, 0) is 56.9 Å². The molecule has 0 saturated carbocycles. The highest BCUT2D eigenvalue weighted by Gasteiger charge is 2.25. The van der Waals surface area contributed by atoms with Gasteiger partial charge in [-0.1, -0.05) is 133 Å². The molecule has 1 aromatic heterocycles. The summed E-state index contributed by atoms with van der Waals surface area (Å²) in [5.41, 5.74) is 9.85. The summed E-state index contributed by atoms with van der Waals surface area (Å²) in [5.74, 6) is 0. The smallest absolute Gasteiger partial charge is 0.249 e. The van der Waals surface area contributed by atoms with Crippen LogP contribution in [-0.2, 0) is 20.1 Å². The Balaban J connectivity index is 1.46. The maximum Gasteiger partial charge on any atom is 0.249 e. The molecule has 0 amide bonds. The average molecular weight is 581 g/mol. The van der Waals surface area contributed by atoms with Gasteiger partial charge in [-0.15, -0.1) is 0 Å². The Morgan fingerprint density at radius 3 is 1.71 bits per heavy atom. The predicted molar refractivity (Wildman–Crippen MR) is 188 cm³/mol. The summed E-state index contributed by atoms with van der Waals surface area (Å²) in [6.07, 6.45) is 2.22. The number of para-hydroxylation sites is 2. The lowest BCUT2D eigenvalue weighted by atomic mass is 9.90. The molecule has 45 heavy (non-hydrogen) atoms. The van der Waals surface area contributed by atoms with Gasteiger partial charge in [0.15, 0.2) is 11.0 Å². The Kier molecular flexibility index (Phi) is 6.84. The number of aromatic nitrogens is 2. The van der Waals surface area contributed by atoms with Crippen molar-refractivity contribution in [3.05, 3.63) is 175 Å². The number of imidazole rings is 1. The third kappa shape index (κ3) is 4.93. The van der Waals surface area contributed by atoms with Crippen LogP contribution in [-0.4, -0.2) is 4.57 Å². The molecule has 7 aromatic carbocycles. The van der Waals surface area contributed by atoms with Gasteiger partial charge in [-0.2, -0.15) is 4.57 Å². The number of benzene rings is 7. The van der Waals surface area contributed by atoms with Gasteiger partial charge in [0.2, 0.25) is 6.33 Å². The maximum absolute atomic E-state index is 2.55. The van der Waals surface area contributed by atoms with E-state index in [-0.39, 0.29) is 0 Å². The number of fused-ring (bicyclic) bond motifs is 3. The average Bonchev–Trinajstić information content (AvgIpc) is 3.44. The van der Waals surface area contributed by atoms with E-state index in [4.69, 9.17) is 0 Å². The Labute approximate surface area is 263 Å². The van der Waals surface area contributed by atoms with Crippen molar-refractivity contribution in [3.8, 4) is 16.8 Å². The molecule has 0 saturated heterocycles. The lowest BCUT2D eigenvalue weighted by Gasteiger charge is -2.29. The Bertz CT molecular complexity index is 2240. The standard InChI is InChI=1S/C42H34N3/c1-43-30-45(38-23-13-12-22-37(38)43)40-27-25-34-19-9-11-21-36(34)42(40)41-35-20-10-8-18-33(35)24-26-39(41)44(28-31-14-4-2-5-15-31)29-32-16-6-3-7-17-32/h2-27,30H,28-29H2,1H3/q+1. The SMILES string of the molecule is C[n+]1cn(-c2ccc3ccccc3c2-c2c(N(Cc3ccccc3)Cc3ccccc3)ccc3ccccc23)c2ccccc21. The molecule has 216 valence electrons. The second-order valence-electron chi connectivity index (χ2n) is 11.8. The molecule has 0 aliphatic carbocycles. The first-order valence-corrected chi connectivity index (χ1v) is 15.6. The van der Waals surface area contributed by atoms with Crippen LogP contribution < -0.4 is 9.47 Å². The molecule has 0 N–H and O–H groups in total. The highest BCUT2D eigenvalue weighted by Crippen LogP contribution is 2.45. The summed E-state index contributed by atoms with van der Waals surface area (Å²) >= 11 is 0. The van der Waals surface area contributed by atoms with Gasteiger partial charge in [0.05, 0.1) is 7.05 Å². The number of aryl methyl sites for hydroxylation is 1. The first-order valence-electron chi connectivity index (χ1n) is 15.6. The molecule has 0 spiro atoms. The molecule has 0 unspecified atom stereocenters. The number of nitrogens with zero attached hydrogens (tertiary/aromatic N) is 3. The summed E-state index contributed by atoms with van der Waals surface area (Å²) in [6.45, 7) is 1.59. The number of rotatable bonds is 7.